The molecule has 1 saturated heterocycles. The van der Waals surface area contributed by atoms with Gasteiger partial charge in [-0.3, -0.25) is 19.2 Å². The van der Waals surface area contributed by atoms with E-state index in [2.05, 4.69) is 5.32 Å². The van der Waals surface area contributed by atoms with Gasteiger partial charge in [0.2, 0.25) is 11.8 Å². The number of Topliss-reactive ketones (excluding diaryl/α,β-unsaturated/α-hetero) is 1. The van der Waals surface area contributed by atoms with Crippen molar-refractivity contribution in [1.29, 1.82) is 0 Å². The summed E-state index contributed by atoms with van der Waals surface area (Å²) in [5.74, 6) is -1.66. The number of hydrogen-bond donors (Lipinski definition) is 1. The first kappa shape index (κ1) is 22.2. The van der Waals surface area contributed by atoms with Crippen LogP contribution in [0.15, 0.2) is 54.6 Å². The lowest BCUT2D eigenvalue weighted by atomic mass is 10.1. The Morgan fingerprint density at radius 2 is 1.77 bits per heavy atom. The topological polar surface area (TPSA) is 92.8 Å². The van der Waals surface area contributed by atoms with E-state index < -0.39 is 11.9 Å². The van der Waals surface area contributed by atoms with Crippen LogP contribution in [-0.2, 0) is 25.7 Å². The maximum Gasteiger partial charge on any atom is 0.311 e. The summed E-state index contributed by atoms with van der Waals surface area (Å²) >= 11 is 0. The van der Waals surface area contributed by atoms with Crippen LogP contribution in [0.3, 0.4) is 0 Å². The Morgan fingerprint density at radius 1 is 1.10 bits per heavy atom. The first-order valence-corrected chi connectivity index (χ1v) is 10.2. The molecule has 7 heteroatoms. The van der Waals surface area contributed by atoms with Crippen LogP contribution in [0, 0.1) is 5.92 Å². The van der Waals surface area contributed by atoms with E-state index in [0.29, 0.717) is 12.1 Å². The Hall–Kier alpha value is -3.48. The molecule has 1 heterocycles. The van der Waals surface area contributed by atoms with Gasteiger partial charge in [-0.25, -0.2) is 0 Å². The van der Waals surface area contributed by atoms with Crippen molar-refractivity contribution in [3.8, 4) is 0 Å². The number of rotatable bonds is 8. The van der Waals surface area contributed by atoms with Crippen molar-refractivity contribution in [3.05, 3.63) is 71.3 Å². The molecule has 7 nitrogen and oxygen atoms in total. The van der Waals surface area contributed by atoms with Gasteiger partial charge in [0.1, 0.15) is 0 Å². The zero-order valence-corrected chi connectivity index (χ0v) is 17.7. The Kier molecular flexibility index (Phi) is 7.18. The fraction of sp³-hybridized carbons (Fsp3) is 0.333. The van der Waals surface area contributed by atoms with Crippen LogP contribution in [-0.4, -0.2) is 41.6 Å². The van der Waals surface area contributed by atoms with Crippen LogP contribution in [0.4, 0.5) is 0 Å². The van der Waals surface area contributed by atoms with Crippen LogP contribution in [0.25, 0.3) is 0 Å². The molecule has 0 bridgehead atoms. The van der Waals surface area contributed by atoms with Crippen molar-refractivity contribution < 1.29 is 23.9 Å². The van der Waals surface area contributed by atoms with E-state index in [-0.39, 0.29) is 43.2 Å². The van der Waals surface area contributed by atoms with Gasteiger partial charge in [0.05, 0.1) is 12.0 Å². The third kappa shape index (κ3) is 5.78. The Morgan fingerprint density at radius 3 is 2.42 bits per heavy atom. The monoisotopic (exact) mass is 422 g/mol. The zero-order chi connectivity index (χ0) is 22.4. The molecular formula is C24H26N2O5. The number of amides is 2. The third-order valence-electron chi connectivity index (χ3n) is 5.40. The van der Waals surface area contributed by atoms with Crippen LogP contribution in [0.5, 0.6) is 0 Å². The minimum atomic E-state index is -0.577. The van der Waals surface area contributed by atoms with Gasteiger partial charge in [0, 0.05) is 32.0 Å². The van der Waals surface area contributed by atoms with Gasteiger partial charge in [-0.15, -0.1) is 0 Å². The van der Waals surface area contributed by atoms with E-state index in [9.17, 15) is 19.2 Å². The predicted octanol–water partition coefficient (Wildman–Crippen LogP) is 2.66. The SMILES string of the molecule is CC(=O)NCc1ccc(C(=O)COC(=O)[C@@H]2CC(=O)N([C@@H](C)c3ccccc3)C2)cc1. The van der Waals surface area contributed by atoms with Crippen molar-refractivity contribution in [2.45, 2.75) is 32.9 Å². The number of nitrogens with one attached hydrogen (secondary N) is 1. The number of esters is 1. The molecule has 1 aliphatic rings. The van der Waals surface area contributed by atoms with E-state index in [1.807, 2.05) is 37.3 Å². The second-order valence-corrected chi connectivity index (χ2v) is 7.67. The van der Waals surface area contributed by atoms with Gasteiger partial charge in [-0.1, -0.05) is 54.6 Å². The number of ketones is 1. The van der Waals surface area contributed by atoms with Crippen LogP contribution in [0.1, 0.15) is 47.8 Å². The molecule has 0 spiro atoms. The van der Waals surface area contributed by atoms with Crippen molar-refractivity contribution in [2.24, 2.45) is 5.92 Å². The molecule has 31 heavy (non-hydrogen) atoms. The first-order chi connectivity index (χ1) is 14.8. The highest BCUT2D eigenvalue weighted by Gasteiger charge is 2.38. The quantitative estimate of drug-likeness (QED) is 0.522. The van der Waals surface area contributed by atoms with Crippen molar-refractivity contribution in [2.75, 3.05) is 13.2 Å². The minimum absolute atomic E-state index is 0.0854. The van der Waals surface area contributed by atoms with Gasteiger partial charge in [-0.2, -0.15) is 0 Å². The molecule has 162 valence electrons. The summed E-state index contributed by atoms with van der Waals surface area (Å²) < 4.78 is 5.21. The standard InChI is InChI=1S/C24H26N2O5/c1-16(19-6-4-3-5-7-19)26-14-21(12-23(26)29)24(30)31-15-22(28)20-10-8-18(9-11-20)13-25-17(2)27/h3-11,16,21H,12-15H2,1-2H3,(H,25,27)/t16-,21+/m0/s1. The van der Waals surface area contributed by atoms with E-state index in [1.165, 1.54) is 6.92 Å². The first-order valence-electron chi connectivity index (χ1n) is 10.2. The van der Waals surface area contributed by atoms with Crippen LogP contribution in [0.2, 0.25) is 0 Å². The molecule has 1 aliphatic heterocycles. The van der Waals surface area contributed by atoms with E-state index in [1.54, 1.807) is 29.2 Å². The number of nitrogens with zero attached hydrogens (tertiary/aromatic N) is 1. The van der Waals surface area contributed by atoms with Crippen molar-refractivity contribution >= 4 is 23.6 Å². The number of benzene rings is 2. The summed E-state index contributed by atoms with van der Waals surface area (Å²) in [6.45, 7) is 3.65. The lowest BCUT2D eigenvalue weighted by Crippen LogP contribution is -2.30. The maximum atomic E-state index is 12.4. The maximum absolute atomic E-state index is 12.4. The normalized spacial score (nSPS) is 16.6. The summed E-state index contributed by atoms with van der Waals surface area (Å²) in [7, 11) is 0. The molecule has 0 aliphatic carbocycles. The molecule has 0 saturated carbocycles. The molecule has 0 aromatic heterocycles. The lowest BCUT2D eigenvalue weighted by molar-refractivity contribution is -0.147. The highest BCUT2D eigenvalue weighted by molar-refractivity contribution is 5.98. The second-order valence-electron chi connectivity index (χ2n) is 7.67. The molecule has 1 fully saturated rings. The third-order valence-corrected chi connectivity index (χ3v) is 5.40. The van der Waals surface area contributed by atoms with E-state index >= 15 is 0 Å². The molecule has 0 unspecified atom stereocenters. The Bertz CT molecular complexity index is 956. The molecule has 3 rings (SSSR count). The van der Waals surface area contributed by atoms with E-state index in [4.69, 9.17) is 4.74 Å². The minimum Gasteiger partial charge on any atom is -0.457 e. The highest BCUT2D eigenvalue weighted by Crippen LogP contribution is 2.29. The average Bonchev–Trinajstić information content (AvgIpc) is 3.17. The highest BCUT2D eigenvalue weighted by atomic mass is 16.5. The molecule has 1 N–H and O–H groups in total. The van der Waals surface area contributed by atoms with Gasteiger partial charge >= 0.3 is 5.97 Å². The van der Waals surface area contributed by atoms with Crippen molar-refractivity contribution in [1.82, 2.24) is 10.2 Å². The molecule has 0 radical (unpaired) electrons. The smallest absolute Gasteiger partial charge is 0.311 e. The van der Waals surface area contributed by atoms with Crippen LogP contribution >= 0.6 is 0 Å². The Labute approximate surface area is 181 Å². The second kappa shape index (κ2) is 10.0. The largest absolute Gasteiger partial charge is 0.457 e. The number of carbonyl (C=O) groups is 4. The fourth-order valence-electron chi connectivity index (χ4n) is 3.55. The van der Waals surface area contributed by atoms with Crippen molar-refractivity contribution in [3.63, 3.8) is 0 Å². The fourth-order valence-corrected chi connectivity index (χ4v) is 3.55. The lowest BCUT2D eigenvalue weighted by Gasteiger charge is -2.25. The summed E-state index contributed by atoms with van der Waals surface area (Å²) in [4.78, 5) is 49.8. The van der Waals surface area contributed by atoms with Gasteiger partial charge < -0.3 is 15.0 Å². The molecule has 2 aromatic carbocycles. The average molecular weight is 422 g/mol. The summed E-state index contributed by atoms with van der Waals surface area (Å²) in [6.07, 6.45) is 0.0854. The molecule has 2 amide bonds. The number of ether oxygens (including phenoxy) is 1. The number of carbonyl (C=O) groups excluding carboxylic acids is 4. The predicted molar refractivity (Wildman–Crippen MR) is 114 cm³/mol. The number of likely N-dealkylation sites (tertiary alicyclic amines) is 1. The molecule has 2 aromatic rings. The summed E-state index contributed by atoms with van der Waals surface area (Å²) in [6, 6.07) is 16.2. The van der Waals surface area contributed by atoms with Gasteiger partial charge in [0.25, 0.3) is 0 Å². The summed E-state index contributed by atoms with van der Waals surface area (Å²) in [5.41, 5.74) is 2.28. The van der Waals surface area contributed by atoms with E-state index in [0.717, 1.165) is 11.1 Å². The summed E-state index contributed by atoms with van der Waals surface area (Å²) in [5, 5.41) is 2.68. The van der Waals surface area contributed by atoms with Gasteiger partial charge in [-0.05, 0) is 18.1 Å². The number of hydrogen-bond acceptors (Lipinski definition) is 5. The molecular weight excluding hydrogens is 396 g/mol. The van der Waals surface area contributed by atoms with Crippen LogP contribution < -0.4 is 5.32 Å². The molecule has 2 atom stereocenters. The zero-order valence-electron chi connectivity index (χ0n) is 17.7. The van der Waals surface area contributed by atoms with Gasteiger partial charge in [0.15, 0.2) is 12.4 Å². The Balaban J connectivity index is 1.51.